The van der Waals surface area contributed by atoms with E-state index in [0.29, 0.717) is 39.4 Å². The third kappa shape index (κ3) is 3.56. The van der Waals surface area contributed by atoms with Crippen LogP contribution < -0.4 is 5.43 Å². The van der Waals surface area contributed by atoms with Gasteiger partial charge in [-0.3, -0.25) is 24.1 Å². The Balaban J connectivity index is 0.000000164. The van der Waals surface area contributed by atoms with Gasteiger partial charge in [-0.25, -0.2) is 0 Å². The monoisotopic (exact) mass is 488 g/mol. The van der Waals surface area contributed by atoms with Gasteiger partial charge in [-0.2, -0.15) is 0 Å². The van der Waals surface area contributed by atoms with E-state index in [0.717, 1.165) is 27.1 Å². The van der Waals surface area contributed by atoms with E-state index in [1.165, 1.54) is 0 Å². The number of aliphatic hydroxyl groups excluding tert-OH is 1. The van der Waals surface area contributed by atoms with Crippen LogP contribution in [0.1, 0.15) is 47.8 Å². The minimum Gasteiger partial charge on any atom is -0.376 e. The number of pyridine rings is 1. The van der Waals surface area contributed by atoms with E-state index in [-0.39, 0.29) is 11.2 Å². The predicted molar refractivity (Wildman–Crippen MR) is 139 cm³/mol. The van der Waals surface area contributed by atoms with Crippen molar-refractivity contribution in [2.75, 3.05) is 6.73 Å². The lowest BCUT2D eigenvalue weighted by Gasteiger charge is -2.19. The van der Waals surface area contributed by atoms with Crippen LogP contribution in [0.3, 0.4) is 0 Å². The normalized spacial score (nSPS) is 13.8. The molecule has 1 aliphatic heterocycles. The summed E-state index contributed by atoms with van der Waals surface area (Å²) < 4.78 is 0. The smallest absolute Gasteiger partial charge is 0.263 e. The first-order chi connectivity index (χ1) is 18.0. The van der Waals surface area contributed by atoms with E-state index >= 15 is 0 Å². The van der Waals surface area contributed by atoms with E-state index in [2.05, 4.69) is 4.98 Å². The number of carbonyl (C=O) groups excluding carboxylic acids is 3. The first-order valence-corrected chi connectivity index (χ1v) is 11.7. The van der Waals surface area contributed by atoms with Gasteiger partial charge in [0.15, 0.2) is 11.2 Å². The van der Waals surface area contributed by atoms with Gasteiger partial charge in [0.2, 0.25) is 0 Å². The number of imide groups is 1. The van der Waals surface area contributed by atoms with Crippen molar-refractivity contribution in [1.82, 2.24) is 9.88 Å². The van der Waals surface area contributed by atoms with Gasteiger partial charge < -0.3 is 10.1 Å². The number of fused-ring (bicyclic) bond motifs is 5. The number of carbonyl (C=O) groups is 3. The Morgan fingerprint density at radius 3 is 1.97 bits per heavy atom. The fourth-order valence-corrected chi connectivity index (χ4v) is 4.99. The van der Waals surface area contributed by atoms with Crippen LogP contribution in [-0.2, 0) is 6.42 Å². The molecule has 0 unspecified atom stereocenters. The highest BCUT2D eigenvalue weighted by molar-refractivity contribution is 6.21. The van der Waals surface area contributed by atoms with Gasteiger partial charge in [-0.05, 0) is 53.9 Å². The van der Waals surface area contributed by atoms with Crippen LogP contribution in [0.4, 0.5) is 0 Å². The molecule has 1 aliphatic carbocycles. The SMILES string of the molecule is O=C1c2ccccc2C(=O)N1CO.O=C1c2ccccc2Cc2cc3c(=O)c4ccccc4[nH]c3cc21. The maximum atomic E-state index is 12.8. The van der Waals surface area contributed by atoms with Crippen LogP contribution in [0.2, 0.25) is 0 Å². The van der Waals surface area contributed by atoms with Crippen LogP contribution in [0.25, 0.3) is 21.8 Å². The lowest BCUT2D eigenvalue weighted by atomic mass is 9.84. The topological polar surface area (TPSA) is 108 Å². The third-order valence-electron chi connectivity index (χ3n) is 6.84. The second-order valence-electron chi connectivity index (χ2n) is 8.94. The second-order valence-corrected chi connectivity index (χ2v) is 8.94. The number of nitrogens with zero attached hydrogens (tertiary/aromatic N) is 1. The summed E-state index contributed by atoms with van der Waals surface area (Å²) >= 11 is 0. The number of H-pyrrole nitrogens is 1. The number of aliphatic hydroxyl groups is 1. The number of para-hydroxylation sites is 1. The number of hydrogen-bond acceptors (Lipinski definition) is 5. The molecule has 0 fully saturated rings. The summed E-state index contributed by atoms with van der Waals surface area (Å²) in [5.74, 6) is -0.825. The van der Waals surface area contributed by atoms with Crippen molar-refractivity contribution >= 4 is 39.4 Å². The molecule has 7 nitrogen and oxygen atoms in total. The zero-order valence-electron chi connectivity index (χ0n) is 19.5. The van der Waals surface area contributed by atoms with Crippen molar-refractivity contribution in [3.8, 4) is 0 Å². The van der Waals surface area contributed by atoms with Crippen LogP contribution in [-0.4, -0.2) is 39.3 Å². The molecule has 4 aromatic carbocycles. The van der Waals surface area contributed by atoms with Crippen LogP contribution in [0, 0.1) is 0 Å². The molecule has 0 radical (unpaired) electrons. The third-order valence-corrected chi connectivity index (χ3v) is 6.84. The Morgan fingerprint density at radius 2 is 1.27 bits per heavy atom. The molecule has 0 saturated carbocycles. The van der Waals surface area contributed by atoms with E-state index in [4.69, 9.17) is 5.11 Å². The second kappa shape index (κ2) is 8.65. The van der Waals surface area contributed by atoms with Gasteiger partial charge in [-0.15, -0.1) is 0 Å². The molecule has 1 aromatic heterocycles. The maximum absolute atomic E-state index is 12.8. The number of benzene rings is 4. The lowest BCUT2D eigenvalue weighted by Crippen LogP contribution is -2.30. The molecule has 7 rings (SSSR count). The molecule has 5 aromatic rings. The summed E-state index contributed by atoms with van der Waals surface area (Å²) in [5, 5.41) is 10.1. The molecular weight excluding hydrogens is 468 g/mol. The summed E-state index contributed by atoms with van der Waals surface area (Å²) in [4.78, 5) is 52.5. The Bertz CT molecular complexity index is 1800. The fraction of sp³-hybridized carbons (Fsp3) is 0.0667. The largest absolute Gasteiger partial charge is 0.376 e. The highest BCUT2D eigenvalue weighted by Gasteiger charge is 2.34. The highest BCUT2D eigenvalue weighted by Crippen LogP contribution is 2.30. The van der Waals surface area contributed by atoms with Gasteiger partial charge >= 0.3 is 0 Å². The van der Waals surface area contributed by atoms with Crippen molar-refractivity contribution in [2.45, 2.75) is 6.42 Å². The highest BCUT2D eigenvalue weighted by atomic mass is 16.3. The number of aromatic amines is 1. The quantitative estimate of drug-likeness (QED) is 0.268. The van der Waals surface area contributed by atoms with Gasteiger partial charge in [0, 0.05) is 27.4 Å². The summed E-state index contributed by atoms with van der Waals surface area (Å²) in [6.45, 7) is -0.563. The van der Waals surface area contributed by atoms with Crippen molar-refractivity contribution in [1.29, 1.82) is 0 Å². The zero-order valence-corrected chi connectivity index (χ0v) is 19.5. The number of hydrogen-bond donors (Lipinski definition) is 2. The molecule has 2 aliphatic rings. The number of aromatic nitrogens is 1. The van der Waals surface area contributed by atoms with E-state index in [1.54, 1.807) is 24.3 Å². The van der Waals surface area contributed by atoms with Crippen molar-refractivity contribution in [3.05, 3.63) is 129 Å². The minimum absolute atomic E-state index is 0.00783. The Kier molecular flexibility index (Phi) is 5.28. The molecule has 2 N–H and O–H groups in total. The average Bonchev–Trinajstić information content (AvgIpc) is 3.18. The molecule has 2 amide bonds. The molecule has 0 spiro atoms. The Hall–Kier alpha value is -4.88. The van der Waals surface area contributed by atoms with Gasteiger partial charge in [-0.1, -0.05) is 48.5 Å². The lowest BCUT2D eigenvalue weighted by molar-refractivity contribution is 0.0489. The number of amides is 2. The van der Waals surface area contributed by atoms with E-state index < -0.39 is 18.5 Å². The summed E-state index contributed by atoms with van der Waals surface area (Å²) in [6.07, 6.45) is 0.680. The molecule has 0 atom stereocenters. The minimum atomic E-state index is -0.563. The molecule has 0 bridgehead atoms. The van der Waals surface area contributed by atoms with Crippen LogP contribution >= 0.6 is 0 Å². The molecule has 37 heavy (non-hydrogen) atoms. The van der Waals surface area contributed by atoms with Crippen molar-refractivity contribution in [3.63, 3.8) is 0 Å². The molecule has 180 valence electrons. The molecule has 2 heterocycles. The zero-order chi connectivity index (χ0) is 25.7. The summed E-state index contributed by atoms with van der Waals surface area (Å²) in [6, 6.07) is 25.4. The molecule has 7 heteroatoms. The Morgan fingerprint density at radius 1 is 0.649 bits per heavy atom. The van der Waals surface area contributed by atoms with Crippen LogP contribution in [0.15, 0.2) is 89.7 Å². The van der Waals surface area contributed by atoms with Gasteiger partial charge in [0.05, 0.1) is 16.6 Å². The summed E-state index contributed by atoms with van der Waals surface area (Å²) in [5.41, 5.74) is 5.62. The van der Waals surface area contributed by atoms with Gasteiger partial charge in [0.25, 0.3) is 11.8 Å². The fourth-order valence-electron chi connectivity index (χ4n) is 4.99. The van der Waals surface area contributed by atoms with Gasteiger partial charge in [0.1, 0.15) is 6.73 Å². The number of nitrogens with one attached hydrogen (secondary N) is 1. The molecule has 0 saturated heterocycles. The maximum Gasteiger partial charge on any atom is 0.263 e. The Labute approximate surface area is 210 Å². The number of rotatable bonds is 1. The summed E-state index contributed by atoms with van der Waals surface area (Å²) in [7, 11) is 0. The first kappa shape index (κ1) is 22.6. The number of ketones is 1. The van der Waals surface area contributed by atoms with E-state index in [9.17, 15) is 19.2 Å². The average molecular weight is 488 g/mol. The molecular formula is C30H20N2O5. The predicted octanol–water partition coefficient (Wildman–Crippen LogP) is 4.05. The van der Waals surface area contributed by atoms with Crippen molar-refractivity contribution < 1.29 is 19.5 Å². The first-order valence-electron chi connectivity index (χ1n) is 11.7. The van der Waals surface area contributed by atoms with E-state index in [1.807, 2.05) is 60.7 Å². The van der Waals surface area contributed by atoms with Crippen molar-refractivity contribution in [2.24, 2.45) is 0 Å². The van der Waals surface area contributed by atoms with Crippen LogP contribution in [0.5, 0.6) is 0 Å². The standard InChI is InChI=1S/C21H13NO2.C9H7NO3/c23-20-14-6-2-1-5-12(14)9-13-10-17-19(11-16(13)20)22-18-8-4-3-7-15(18)21(17)24;11-5-10-8(12)6-3-1-2-4-7(6)9(10)13/h1-8,10-11H,9H2,(H,22,24);1-4,11H,5H2.